The fourth-order valence-corrected chi connectivity index (χ4v) is 4.88. The van der Waals surface area contributed by atoms with Crippen molar-refractivity contribution < 1.29 is 4.42 Å². The van der Waals surface area contributed by atoms with E-state index in [1.54, 1.807) is 0 Å². The Labute approximate surface area is 164 Å². The second-order valence-electron chi connectivity index (χ2n) is 9.31. The molecule has 3 aliphatic rings. The lowest BCUT2D eigenvalue weighted by atomic mass is 9.53. The largest absolute Gasteiger partial charge is 0.424 e. The highest BCUT2D eigenvalue weighted by Gasteiger charge is 2.52. The van der Waals surface area contributed by atoms with Crippen LogP contribution in [0.25, 0.3) is 0 Å². The van der Waals surface area contributed by atoms with Gasteiger partial charge in [-0.2, -0.15) is 0 Å². The van der Waals surface area contributed by atoms with Crippen LogP contribution in [0.3, 0.4) is 0 Å². The number of hydrogen-bond acceptors (Lipinski definition) is 4. The zero-order valence-corrected chi connectivity index (χ0v) is 17.5. The van der Waals surface area contributed by atoms with Crippen LogP contribution in [-0.4, -0.2) is 16.7 Å². The van der Waals surface area contributed by atoms with E-state index >= 15 is 0 Å². The molecule has 2 bridgehead atoms. The second kappa shape index (κ2) is 6.36. The highest BCUT2D eigenvalue weighted by molar-refractivity contribution is 9.10. The molecule has 1 heterocycles. The number of nitrogens with zero attached hydrogens (tertiary/aromatic N) is 2. The summed E-state index contributed by atoms with van der Waals surface area (Å²) in [7, 11) is 0. The molecule has 3 aliphatic carbocycles. The van der Waals surface area contributed by atoms with Gasteiger partial charge in [0.1, 0.15) is 0 Å². The molecule has 5 heteroatoms. The van der Waals surface area contributed by atoms with Crippen molar-refractivity contribution >= 4 is 21.6 Å². The van der Waals surface area contributed by atoms with Gasteiger partial charge in [0.05, 0.1) is 0 Å². The Hall–Kier alpha value is -1.36. The molecule has 1 aromatic carbocycles. The summed E-state index contributed by atoms with van der Waals surface area (Å²) in [6.45, 7) is 7.43. The first-order chi connectivity index (χ1) is 12.3. The van der Waals surface area contributed by atoms with E-state index in [1.807, 2.05) is 0 Å². The molecule has 0 spiro atoms. The van der Waals surface area contributed by atoms with Crippen LogP contribution < -0.4 is 5.32 Å². The smallest absolute Gasteiger partial charge is 0.222 e. The maximum absolute atomic E-state index is 6.14. The molecule has 2 aromatic rings. The summed E-state index contributed by atoms with van der Waals surface area (Å²) >= 11 is 3.55. The Morgan fingerprint density at radius 1 is 1.08 bits per heavy atom. The Kier molecular flexibility index (Phi) is 4.41. The number of aromatic nitrogens is 2. The van der Waals surface area contributed by atoms with Crippen molar-refractivity contribution in [2.75, 3.05) is 11.9 Å². The molecule has 3 fully saturated rings. The number of nitrogens with one attached hydrogen (secondary N) is 1. The monoisotopic (exact) mass is 417 g/mol. The molecule has 0 unspecified atom stereocenters. The van der Waals surface area contributed by atoms with Crippen LogP contribution in [0.15, 0.2) is 33.2 Å². The van der Waals surface area contributed by atoms with E-state index in [2.05, 4.69) is 76.5 Å². The molecule has 0 radical (unpaired) electrons. The molecule has 140 valence electrons. The lowest BCUT2D eigenvalue weighted by Crippen LogP contribution is -2.47. The molecule has 1 N–H and O–H groups in total. The van der Waals surface area contributed by atoms with Crippen molar-refractivity contribution in [1.29, 1.82) is 0 Å². The Morgan fingerprint density at radius 2 is 1.77 bits per heavy atom. The summed E-state index contributed by atoms with van der Waals surface area (Å²) in [5.41, 5.74) is 1.65. The summed E-state index contributed by atoms with van der Waals surface area (Å²) < 4.78 is 7.26. The van der Waals surface area contributed by atoms with E-state index in [0.29, 0.717) is 5.41 Å². The van der Waals surface area contributed by atoms with Crippen molar-refractivity contribution in [2.24, 2.45) is 5.41 Å². The highest BCUT2D eigenvalue weighted by atomic mass is 79.9. The lowest BCUT2D eigenvalue weighted by Gasteiger charge is -2.52. The fraction of sp³-hybridized carbons (Fsp3) is 0.619. The van der Waals surface area contributed by atoms with Gasteiger partial charge in [-0.1, -0.05) is 42.8 Å². The quantitative estimate of drug-likeness (QED) is 0.678. The van der Waals surface area contributed by atoms with Gasteiger partial charge in [-0.25, -0.2) is 0 Å². The van der Waals surface area contributed by atoms with Gasteiger partial charge in [0, 0.05) is 27.5 Å². The van der Waals surface area contributed by atoms with Gasteiger partial charge in [-0.15, -0.1) is 10.2 Å². The zero-order chi connectivity index (χ0) is 18.4. The fourth-order valence-electron chi connectivity index (χ4n) is 4.48. The minimum absolute atomic E-state index is 0.0805. The number of halogens is 1. The number of fused-ring (bicyclic) bond motifs is 3. The molecule has 4 nitrogen and oxygen atoms in total. The van der Waals surface area contributed by atoms with Crippen molar-refractivity contribution in [3.8, 4) is 0 Å². The number of benzene rings is 1. The first-order valence-corrected chi connectivity index (χ1v) is 10.4. The first kappa shape index (κ1) is 18.0. The average Bonchev–Trinajstić information content (AvgIpc) is 3.13. The van der Waals surface area contributed by atoms with Crippen LogP contribution in [-0.2, 0) is 10.8 Å². The van der Waals surface area contributed by atoms with Crippen LogP contribution in [0.2, 0.25) is 0 Å². The van der Waals surface area contributed by atoms with Gasteiger partial charge in [0.2, 0.25) is 11.8 Å². The van der Waals surface area contributed by atoms with Crippen molar-refractivity contribution in [3.05, 3.63) is 40.5 Å². The number of rotatable bonds is 4. The highest BCUT2D eigenvalue weighted by Crippen LogP contribution is 2.57. The van der Waals surface area contributed by atoms with E-state index in [-0.39, 0.29) is 10.8 Å². The lowest BCUT2D eigenvalue weighted by molar-refractivity contribution is 0.0343. The van der Waals surface area contributed by atoms with E-state index in [1.165, 1.54) is 44.2 Å². The van der Waals surface area contributed by atoms with Crippen molar-refractivity contribution in [2.45, 2.75) is 70.1 Å². The minimum atomic E-state index is -0.0805. The van der Waals surface area contributed by atoms with Crippen LogP contribution in [0.5, 0.6) is 0 Å². The predicted molar refractivity (Wildman–Crippen MR) is 107 cm³/mol. The second-order valence-corrected chi connectivity index (χ2v) is 10.2. The van der Waals surface area contributed by atoms with Gasteiger partial charge in [-0.05, 0) is 62.1 Å². The topological polar surface area (TPSA) is 51.0 Å². The Balaban J connectivity index is 1.44. The molecule has 0 aliphatic heterocycles. The number of hydrogen-bond donors (Lipinski definition) is 1. The molecular weight excluding hydrogens is 390 g/mol. The minimum Gasteiger partial charge on any atom is -0.424 e. The molecule has 26 heavy (non-hydrogen) atoms. The van der Waals surface area contributed by atoms with E-state index < -0.39 is 0 Å². The molecule has 3 saturated carbocycles. The third-order valence-corrected chi connectivity index (χ3v) is 6.91. The summed E-state index contributed by atoms with van der Waals surface area (Å²) in [6, 6.07) is 8.44. The SMILES string of the molecule is CC(C)(C)c1nnc(C23CCC(CNc4cccc(Br)c4)(CC2)CC3)o1. The average molecular weight is 418 g/mol. The van der Waals surface area contributed by atoms with Crippen LogP contribution in [0, 0.1) is 5.41 Å². The van der Waals surface area contributed by atoms with E-state index in [0.717, 1.165) is 22.8 Å². The molecule has 0 atom stereocenters. The molecular formula is C21H28BrN3O. The summed E-state index contributed by atoms with van der Waals surface area (Å²) in [5, 5.41) is 12.5. The van der Waals surface area contributed by atoms with Gasteiger partial charge < -0.3 is 9.73 Å². The Bertz CT molecular complexity index is 768. The van der Waals surface area contributed by atoms with Crippen LogP contribution in [0.1, 0.15) is 71.1 Å². The normalized spacial score (nSPS) is 28.3. The number of anilines is 1. The summed E-state index contributed by atoms with van der Waals surface area (Å²) in [4.78, 5) is 0. The molecule has 5 rings (SSSR count). The van der Waals surface area contributed by atoms with Crippen molar-refractivity contribution in [3.63, 3.8) is 0 Å². The van der Waals surface area contributed by atoms with Crippen LogP contribution >= 0.6 is 15.9 Å². The van der Waals surface area contributed by atoms with Gasteiger partial charge >= 0.3 is 0 Å². The van der Waals surface area contributed by atoms with Crippen molar-refractivity contribution in [1.82, 2.24) is 10.2 Å². The van der Waals surface area contributed by atoms with Gasteiger partial charge in [0.15, 0.2) is 0 Å². The maximum Gasteiger partial charge on any atom is 0.222 e. The van der Waals surface area contributed by atoms with E-state index in [9.17, 15) is 0 Å². The summed E-state index contributed by atoms with van der Waals surface area (Å²) in [6.07, 6.45) is 7.21. The summed E-state index contributed by atoms with van der Waals surface area (Å²) in [5.74, 6) is 1.65. The van der Waals surface area contributed by atoms with E-state index in [4.69, 9.17) is 4.42 Å². The van der Waals surface area contributed by atoms with Gasteiger partial charge in [-0.3, -0.25) is 0 Å². The maximum atomic E-state index is 6.14. The van der Waals surface area contributed by atoms with Crippen LogP contribution in [0.4, 0.5) is 5.69 Å². The molecule has 1 aromatic heterocycles. The molecule has 0 amide bonds. The third-order valence-electron chi connectivity index (χ3n) is 6.41. The van der Waals surface area contributed by atoms with Gasteiger partial charge in [0.25, 0.3) is 0 Å². The predicted octanol–water partition coefficient (Wildman–Crippen LogP) is 5.83. The third kappa shape index (κ3) is 3.30. The first-order valence-electron chi connectivity index (χ1n) is 9.64. The molecule has 0 saturated heterocycles. The standard InChI is InChI=1S/C21H28BrN3O/c1-19(2,3)17-24-25-18(26-17)21-10-7-20(8-11-21,9-12-21)14-23-16-6-4-5-15(22)13-16/h4-6,13,23H,7-12,14H2,1-3H3. The Morgan fingerprint density at radius 3 is 2.35 bits per heavy atom. The zero-order valence-electron chi connectivity index (χ0n) is 15.9.